The minimum Gasteiger partial charge on any atom is -0.594 e. The van der Waals surface area contributed by atoms with E-state index < -0.39 is 5.97 Å². The van der Waals surface area contributed by atoms with Crippen LogP contribution in [0.25, 0.3) is 0 Å². The summed E-state index contributed by atoms with van der Waals surface area (Å²) in [6.07, 6.45) is 1.12. The minimum absolute atomic E-state index is 0.198. The number of carboxylic acids is 1. The van der Waals surface area contributed by atoms with Crippen molar-refractivity contribution in [2.75, 3.05) is 0 Å². The highest BCUT2D eigenvalue weighted by Gasteiger charge is 2.06. The summed E-state index contributed by atoms with van der Waals surface area (Å²) in [6, 6.07) is 2.57. The summed E-state index contributed by atoms with van der Waals surface area (Å²) in [5, 5.41) is 21.8. The Kier molecular flexibility index (Phi) is 1.49. The fraction of sp³-hybridized carbons (Fsp3) is 0. The van der Waals surface area contributed by atoms with Gasteiger partial charge in [-0.05, 0) is 6.07 Å². The smallest absolute Gasteiger partial charge is 0.360 e. The lowest BCUT2D eigenvalue weighted by Gasteiger charge is -1.91. The zero-order chi connectivity index (χ0) is 7.56. The van der Waals surface area contributed by atoms with Gasteiger partial charge in [0.1, 0.15) is 0 Å². The molecule has 0 saturated heterocycles. The molecule has 5 heteroatoms. The molecule has 0 spiro atoms. The lowest BCUT2D eigenvalue weighted by molar-refractivity contribution is -0.669. The molecule has 0 atom stereocenters. The van der Waals surface area contributed by atoms with Crippen LogP contribution in [0.3, 0.4) is 0 Å². The molecule has 0 aliphatic rings. The number of aromatic carboxylic acids is 1. The fourth-order valence-electron chi connectivity index (χ4n) is 0.495. The maximum atomic E-state index is 10.3. The number of aromatic nitrogens is 2. The molecule has 1 aromatic rings. The average Bonchev–Trinajstić information content (AvgIpc) is 1.88. The molecule has 0 aliphatic carbocycles. The summed E-state index contributed by atoms with van der Waals surface area (Å²) in [5.41, 5.74) is -0.252. The van der Waals surface area contributed by atoms with Gasteiger partial charge in [-0.2, -0.15) is 0 Å². The molecule has 0 unspecified atom stereocenters. The minimum atomic E-state index is -1.20. The van der Waals surface area contributed by atoms with Gasteiger partial charge < -0.3 is 10.3 Å². The van der Waals surface area contributed by atoms with Crippen molar-refractivity contribution in [3.8, 4) is 0 Å². The molecule has 0 saturated carbocycles. The van der Waals surface area contributed by atoms with Crippen molar-refractivity contribution >= 4 is 5.97 Å². The van der Waals surface area contributed by atoms with E-state index in [4.69, 9.17) is 5.11 Å². The van der Waals surface area contributed by atoms with Gasteiger partial charge >= 0.3 is 5.97 Å². The summed E-state index contributed by atoms with van der Waals surface area (Å²) in [7, 11) is 0. The van der Waals surface area contributed by atoms with E-state index in [1.54, 1.807) is 0 Å². The third kappa shape index (κ3) is 1.19. The lowest BCUT2D eigenvalue weighted by atomic mass is 10.4. The van der Waals surface area contributed by atoms with E-state index in [9.17, 15) is 10.0 Å². The zero-order valence-electron chi connectivity index (χ0n) is 4.89. The van der Waals surface area contributed by atoms with E-state index in [0.29, 0.717) is 0 Å². The van der Waals surface area contributed by atoms with Crippen LogP contribution in [-0.4, -0.2) is 16.2 Å². The van der Waals surface area contributed by atoms with E-state index in [1.807, 2.05) is 0 Å². The Bertz CT molecular complexity index is 261. The number of hydrogen-bond donors (Lipinski definition) is 1. The van der Waals surface area contributed by atoms with Gasteiger partial charge in [0.2, 0.25) is 11.9 Å². The summed E-state index contributed by atoms with van der Waals surface area (Å²) in [6.45, 7) is 0. The Labute approximate surface area is 56.1 Å². The van der Waals surface area contributed by atoms with Gasteiger partial charge in [0.25, 0.3) is 0 Å². The Morgan fingerprint density at radius 1 is 1.80 bits per heavy atom. The third-order valence-electron chi connectivity index (χ3n) is 0.893. The highest BCUT2D eigenvalue weighted by molar-refractivity contribution is 5.84. The highest BCUT2D eigenvalue weighted by Crippen LogP contribution is 1.87. The lowest BCUT2D eigenvalue weighted by Crippen LogP contribution is -2.32. The molecule has 1 rings (SSSR count). The van der Waals surface area contributed by atoms with E-state index in [1.165, 1.54) is 12.1 Å². The van der Waals surface area contributed by atoms with Gasteiger partial charge in [-0.3, -0.25) is 0 Å². The van der Waals surface area contributed by atoms with E-state index in [2.05, 4.69) is 5.10 Å². The Balaban J connectivity index is 3.07. The van der Waals surface area contributed by atoms with Crippen molar-refractivity contribution in [2.24, 2.45) is 0 Å². The van der Waals surface area contributed by atoms with E-state index >= 15 is 0 Å². The van der Waals surface area contributed by atoms with Crippen molar-refractivity contribution in [3.05, 3.63) is 29.2 Å². The third-order valence-corrected chi connectivity index (χ3v) is 0.893. The van der Waals surface area contributed by atoms with Gasteiger partial charge in [-0.15, -0.1) is 0 Å². The number of carboxylic acid groups (broad SMARTS) is 1. The Morgan fingerprint density at radius 3 is 2.90 bits per heavy atom. The topological polar surface area (TPSA) is 77.1 Å². The quantitative estimate of drug-likeness (QED) is 0.418. The fourth-order valence-corrected chi connectivity index (χ4v) is 0.495. The van der Waals surface area contributed by atoms with Gasteiger partial charge in [0.05, 0.1) is 0 Å². The van der Waals surface area contributed by atoms with Crippen LogP contribution in [0.15, 0.2) is 18.3 Å². The van der Waals surface area contributed by atoms with Crippen LogP contribution >= 0.6 is 0 Å². The number of carbonyl (C=O) groups is 1. The largest absolute Gasteiger partial charge is 0.594 e. The maximum Gasteiger partial charge on any atom is 0.360 e. The predicted octanol–water partition coefficient (Wildman–Crippen LogP) is -0.587. The van der Waals surface area contributed by atoms with Crippen molar-refractivity contribution in [3.63, 3.8) is 0 Å². The van der Waals surface area contributed by atoms with Gasteiger partial charge in [0, 0.05) is 11.2 Å². The first-order valence-corrected chi connectivity index (χ1v) is 2.50. The second-order valence-corrected chi connectivity index (χ2v) is 1.60. The molecule has 1 heterocycles. The molecule has 5 nitrogen and oxygen atoms in total. The Hall–Kier alpha value is -1.65. The molecule has 1 aromatic heterocycles. The second kappa shape index (κ2) is 2.30. The van der Waals surface area contributed by atoms with Crippen LogP contribution < -0.4 is 4.85 Å². The first kappa shape index (κ1) is 6.47. The molecular formula is C5H4N2O3. The van der Waals surface area contributed by atoms with Crippen LogP contribution in [0.1, 0.15) is 10.5 Å². The molecule has 0 aromatic carbocycles. The van der Waals surface area contributed by atoms with Gasteiger partial charge in [0.15, 0.2) is 0 Å². The molecule has 0 radical (unpaired) electrons. The zero-order valence-corrected chi connectivity index (χ0v) is 4.89. The molecule has 1 N–H and O–H groups in total. The van der Waals surface area contributed by atoms with Crippen molar-refractivity contribution < 1.29 is 14.7 Å². The average molecular weight is 140 g/mol. The monoisotopic (exact) mass is 140 g/mol. The summed E-state index contributed by atoms with van der Waals surface area (Å²) in [5.74, 6) is -1.20. The van der Waals surface area contributed by atoms with E-state index in [-0.39, 0.29) is 10.5 Å². The van der Waals surface area contributed by atoms with Crippen molar-refractivity contribution in [1.82, 2.24) is 5.10 Å². The molecule has 0 aliphatic heterocycles. The van der Waals surface area contributed by atoms with E-state index in [0.717, 1.165) is 6.20 Å². The molecule has 0 amide bonds. The molecule has 0 fully saturated rings. The first-order chi connectivity index (χ1) is 4.70. The molecule has 52 valence electrons. The van der Waals surface area contributed by atoms with Gasteiger partial charge in [-0.25, -0.2) is 4.79 Å². The van der Waals surface area contributed by atoms with Gasteiger partial charge in [-0.1, -0.05) is 4.85 Å². The summed E-state index contributed by atoms with van der Waals surface area (Å²) < 4.78 is 0. The SMILES string of the molecule is O=C(O)c1ccc[n+]([O-])n1. The summed E-state index contributed by atoms with van der Waals surface area (Å²) >= 11 is 0. The molecular weight excluding hydrogens is 136 g/mol. The highest BCUT2D eigenvalue weighted by atomic mass is 16.5. The molecule has 0 bridgehead atoms. The first-order valence-electron chi connectivity index (χ1n) is 2.50. The Morgan fingerprint density at radius 2 is 2.50 bits per heavy atom. The number of rotatable bonds is 1. The predicted molar refractivity (Wildman–Crippen MR) is 30.2 cm³/mol. The van der Waals surface area contributed by atoms with Crippen LogP contribution in [0.4, 0.5) is 0 Å². The van der Waals surface area contributed by atoms with Crippen LogP contribution in [-0.2, 0) is 0 Å². The van der Waals surface area contributed by atoms with Crippen LogP contribution in [0.2, 0.25) is 0 Å². The van der Waals surface area contributed by atoms with Crippen LogP contribution in [0, 0.1) is 5.21 Å². The standard InChI is InChI=1S/C5H4N2O3/c8-5(9)4-2-1-3-7(10)6-4/h1-3H,(H,8,9). The summed E-state index contributed by atoms with van der Waals surface area (Å²) in [4.78, 5) is 10.3. The van der Waals surface area contributed by atoms with Crippen molar-refractivity contribution in [1.29, 1.82) is 0 Å². The second-order valence-electron chi connectivity index (χ2n) is 1.60. The van der Waals surface area contributed by atoms with Crippen molar-refractivity contribution in [2.45, 2.75) is 0 Å². The molecule has 10 heavy (non-hydrogen) atoms. The maximum absolute atomic E-state index is 10.3. The van der Waals surface area contributed by atoms with Crippen LogP contribution in [0.5, 0.6) is 0 Å². The normalized spacial score (nSPS) is 9.20. The number of hydrogen-bond acceptors (Lipinski definition) is 3. The number of nitrogens with zero attached hydrogens (tertiary/aromatic N) is 2.